The molecule has 45 heavy (non-hydrogen) atoms. The lowest BCUT2D eigenvalue weighted by atomic mass is 9.90. The molecule has 2 aromatic carbocycles. The number of hydrogen-bond acceptors (Lipinski definition) is 6. The second-order valence-corrected chi connectivity index (χ2v) is 31.3. The zero-order valence-electron chi connectivity index (χ0n) is 30.3. The first-order chi connectivity index (χ1) is 20.3. The highest BCUT2D eigenvalue weighted by Gasteiger charge is 2.42. The molecule has 0 fully saturated rings. The zero-order valence-corrected chi connectivity index (χ0v) is 33.3. The van der Waals surface area contributed by atoms with Gasteiger partial charge < -0.3 is 27.9 Å². The molecule has 1 atom stereocenters. The van der Waals surface area contributed by atoms with Crippen molar-refractivity contribution < 1.29 is 27.9 Å². The van der Waals surface area contributed by atoms with E-state index >= 15 is 0 Å². The van der Waals surface area contributed by atoms with Crippen molar-refractivity contribution >= 4 is 36.1 Å². The predicted octanol–water partition coefficient (Wildman–Crippen LogP) is 10.4. The molecule has 6 nitrogen and oxygen atoms in total. The topological polar surface area (TPSA) is 66.4 Å². The highest BCUT2D eigenvalue weighted by molar-refractivity contribution is 6.75. The Labute approximate surface area is 275 Å². The molecule has 1 N–H and O–H groups in total. The van der Waals surface area contributed by atoms with E-state index in [1.807, 2.05) is 42.5 Å². The minimum Gasteiger partial charge on any atom is -0.544 e. The van der Waals surface area contributed by atoms with Crippen LogP contribution in [0.15, 0.2) is 48.2 Å². The normalized spacial score (nSPS) is 17.9. The first-order valence-corrected chi connectivity index (χ1v) is 24.8. The van der Waals surface area contributed by atoms with Gasteiger partial charge in [-0.1, -0.05) is 62.3 Å². The van der Waals surface area contributed by atoms with Gasteiger partial charge in [0.25, 0.3) is 0 Å². The maximum Gasteiger partial charge on any atom is 0.250 e. The van der Waals surface area contributed by atoms with Gasteiger partial charge in [-0.05, 0) is 90.3 Å². The van der Waals surface area contributed by atoms with E-state index in [1.165, 1.54) is 0 Å². The molecular weight excluding hydrogens is 613 g/mol. The lowest BCUT2D eigenvalue weighted by Crippen LogP contribution is -2.43. The monoisotopic (exact) mass is 668 g/mol. The largest absolute Gasteiger partial charge is 0.544 e. The molecule has 0 bridgehead atoms. The SMILES string of the molecule is CC(C)(C)[Si](C)(C)OC1=CC2=C(c3ccc(O[Si](C)(C)C(C)(C)C)cc3OC1)C(O)Oc1cc(O[Si](C)(C)C(C)(C)C)ccc12. The molecule has 0 saturated heterocycles. The van der Waals surface area contributed by atoms with Gasteiger partial charge in [-0.15, -0.1) is 0 Å². The van der Waals surface area contributed by atoms with E-state index in [9.17, 15) is 5.11 Å². The maximum absolute atomic E-state index is 11.6. The fourth-order valence-electron chi connectivity index (χ4n) is 4.47. The van der Waals surface area contributed by atoms with Crippen LogP contribution < -0.4 is 18.3 Å². The molecule has 9 heteroatoms. The van der Waals surface area contributed by atoms with Crippen molar-refractivity contribution in [3.05, 3.63) is 59.4 Å². The molecule has 0 spiro atoms. The van der Waals surface area contributed by atoms with E-state index in [4.69, 9.17) is 22.8 Å². The van der Waals surface area contributed by atoms with E-state index in [0.29, 0.717) is 17.1 Å². The number of benzene rings is 2. The van der Waals surface area contributed by atoms with Crippen LogP contribution in [0.4, 0.5) is 0 Å². The van der Waals surface area contributed by atoms with Crippen molar-refractivity contribution in [1.82, 2.24) is 0 Å². The minimum absolute atomic E-state index is 0.00140. The van der Waals surface area contributed by atoms with Gasteiger partial charge in [0.05, 0.1) is 0 Å². The fraction of sp³-hybridized carbons (Fsp3) is 0.556. The smallest absolute Gasteiger partial charge is 0.250 e. The average molecular weight is 669 g/mol. The van der Waals surface area contributed by atoms with E-state index in [1.54, 1.807) is 0 Å². The maximum atomic E-state index is 11.6. The molecule has 4 rings (SSSR count). The van der Waals surface area contributed by atoms with Crippen LogP contribution in [0.1, 0.15) is 73.4 Å². The van der Waals surface area contributed by atoms with Crippen LogP contribution in [0, 0.1) is 0 Å². The van der Waals surface area contributed by atoms with Crippen LogP contribution in [0.5, 0.6) is 23.0 Å². The van der Waals surface area contributed by atoms with Gasteiger partial charge in [-0.2, -0.15) is 0 Å². The first-order valence-electron chi connectivity index (χ1n) is 16.1. The van der Waals surface area contributed by atoms with Gasteiger partial charge in [-0.3, -0.25) is 0 Å². The van der Waals surface area contributed by atoms with Crippen LogP contribution in [0.2, 0.25) is 54.4 Å². The standard InChI is InChI=1S/C36H56O6Si3/c1-34(2,3)43(10,11)40-24-17-19-28-30(21-24)38-23-26(42-45(14,15)36(7,8)9)20-29-27-18-16-25(41-44(12,13)35(4,5)6)22-31(27)39-33(37)32(28)29/h16-22,33,37H,23H2,1-15H3. The van der Waals surface area contributed by atoms with Crippen molar-refractivity contribution in [2.24, 2.45) is 0 Å². The number of aliphatic hydroxyl groups excluding tert-OH is 1. The van der Waals surface area contributed by atoms with Gasteiger partial charge in [-0.25, -0.2) is 0 Å². The molecule has 0 saturated carbocycles. The third-order valence-electron chi connectivity index (χ3n) is 10.5. The molecule has 1 unspecified atom stereocenters. The summed E-state index contributed by atoms with van der Waals surface area (Å²) in [6, 6.07) is 11.9. The van der Waals surface area contributed by atoms with Crippen LogP contribution >= 0.6 is 0 Å². The Morgan fingerprint density at radius 1 is 0.644 bits per heavy atom. The molecule has 0 aliphatic carbocycles. The molecule has 0 amide bonds. The number of aliphatic hydroxyl groups is 1. The Morgan fingerprint density at radius 2 is 1.09 bits per heavy atom. The zero-order chi connectivity index (χ0) is 34.0. The lowest BCUT2D eigenvalue weighted by Gasteiger charge is -2.38. The fourth-order valence-corrected chi connectivity index (χ4v) is 7.60. The molecule has 2 aromatic rings. The van der Waals surface area contributed by atoms with Gasteiger partial charge in [0, 0.05) is 28.8 Å². The highest BCUT2D eigenvalue weighted by Crippen LogP contribution is 2.48. The Hall–Kier alpha value is -2.47. The summed E-state index contributed by atoms with van der Waals surface area (Å²) in [5.41, 5.74) is 3.16. The summed E-state index contributed by atoms with van der Waals surface area (Å²) in [4.78, 5) is 0. The van der Waals surface area contributed by atoms with Crippen molar-refractivity contribution in [2.75, 3.05) is 6.61 Å². The lowest BCUT2D eigenvalue weighted by molar-refractivity contribution is 0.0312. The Bertz CT molecular complexity index is 1500. The highest BCUT2D eigenvalue weighted by atomic mass is 28.4. The summed E-state index contributed by atoms with van der Waals surface area (Å²) >= 11 is 0. The van der Waals surface area contributed by atoms with Gasteiger partial charge in [0.2, 0.25) is 31.2 Å². The van der Waals surface area contributed by atoms with Crippen molar-refractivity contribution in [3.63, 3.8) is 0 Å². The van der Waals surface area contributed by atoms with Crippen LogP contribution in [-0.4, -0.2) is 43.0 Å². The van der Waals surface area contributed by atoms with Crippen molar-refractivity contribution in [2.45, 2.75) is 123 Å². The van der Waals surface area contributed by atoms with Gasteiger partial charge in [0.15, 0.2) is 0 Å². The van der Waals surface area contributed by atoms with Crippen molar-refractivity contribution in [1.29, 1.82) is 0 Å². The number of ether oxygens (including phenoxy) is 2. The van der Waals surface area contributed by atoms with Crippen molar-refractivity contribution in [3.8, 4) is 23.0 Å². The van der Waals surface area contributed by atoms with E-state index in [2.05, 4.69) is 102 Å². The van der Waals surface area contributed by atoms with Gasteiger partial charge in [0.1, 0.15) is 35.4 Å². The summed E-state index contributed by atoms with van der Waals surface area (Å²) < 4.78 is 32.8. The molecule has 248 valence electrons. The van der Waals surface area contributed by atoms with Crippen LogP contribution in [0.3, 0.4) is 0 Å². The second kappa shape index (κ2) is 11.6. The summed E-state index contributed by atoms with van der Waals surface area (Å²) in [7, 11) is -6.37. The Kier molecular flexibility index (Phi) is 9.16. The molecule has 2 aliphatic rings. The first kappa shape index (κ1) is 35.4. The van der Waals surface area contributed by atoms with E-state index < -0.39 is 31.2 Å². The average Bonchev–Trinajstić information content (AvgIpc) is 2.84. The Balaban J connectivity index is 1.88. The van der Waals surface area contributed by atoms with E-state index in [0.717, 1.165) is 34.0 Å². The molecule has 0 aromatic heterocycles. The summed E-state index contributed by atoms with van der Waals surface area (Å²) in [5, 5.41) is 11.7. The minimum atomic E-state index is -2.20. The summed E-state index contributed by atoms with van der Waals surface area (Å²) in [6.07, 6.45) is 0.825. The van der Waals surface area contributed by atoms with Crippen LogP contribution in [-0.2, 0) is 4.43 Å². The number of fused-ring (bicyclic) bond motifs is 4. The Morgan fingerprint density at radius 3 is 1.58 bits per heavy atom. The quantitative estimate of drug-likeness (QED) is 0.309. The summed E-state index contributed by atoms with van der Waals surface area (Å²) in [5.74, 6) is 3.46. The van der Waals surface area contributed by atoms with Crippen LogP contribution in [0.25, 0.3) is 11.1 Å². The molecule has 0 radical (unpaired) electrons. The third-order valence-corrected chi connectivity index (χ3v) is 23.6. The summed E-state index contributed by atoms with van der Waals surface area (Å²) in [6.45, 7) is 33.7. The van der Waals surface area contributed by atoms with E-state index in [-0.39, 0.29) is 21.7 Å². The number of allylic oxidation sites excluding steroid dienone is 2. The predicted molar refractivity (Wildman–Crippen MR) is 194 cm³/mol. The second-order valence-electron chi connectivity index (χ2n) is 17.1. The molecular formula is C36H56O6Si3. The molecule has 2 aliphatic heterocycles. The molecule has 2 heterocycles. The third kappa shape index (κ3) is 7.26. The number of hydrogen-bond donors (Lipinski definition) is 1. The number of rotatable bonds is 6. The van der Waals surface area contributed by atoms with Gasteiger partial charge >= 0.3 is 0 Å².